The van der Waals surface area contributed by atoms with E-state index in [4.69, 9.17) is 0 Å². The van der Waals surface area contributed by atoms with E-state index in [0.29, 0.717) is 5.56 Å². The van der Waals surface area contributed by atoms with Crippen LogP contribution in [0.4, 0.5) is 0 Å². The fourth-order valence-electron chi connectivity index (χ4n) is 1.30. The van der Waals surface area contributed by atoms with E-state index in [1.165, 1.54) is 7.11 Å². The van der Waals surface area contributed by atoms with E-state index < -0.39 is 12.1 Å². The highest BCUT2D eigenvalue weighted by atomic mass is 16.5. The normalized spacial score (nSPS) is 12.6. The second kappa shape index (κ2) is 4.23. The van der Waals surface area contributed by atoms with E-state index >= 15 is 0 Å². The summed E-state index contributed by atoms with van der Waals surface area (Å²) in [6.45, 7) is 1.79. The van der Waals surface area contributed by atoms with Crippen molar-refractivity contribution in [3.8, 4) is 0 Å². The van der Waals surface area contributed by atoms with Gasteiger partial charge in [0.15, 0.2) is 0 Å². The maximum absolute atomic E-state index is 10.9. The molecule has 1 heterocycles. The molecule has 0 spiro atoms. The molecule has 0 aromatic carbocycles. The maximum atomic E-state index is 10.9. The quantitative estimate of drug-likeness (QED) is 0.710. The Labute approximate surface area is 82.3 Å². The van der Waals surface area contributed by atoms with Crippen LogP contribution in [0.25, 0.3) is 0 Å². The first kappa shape index (κ1) is 10.7. The van der Waals surface area contributed by atoms with Crippen LogP contribution in [0, 0.1) is 6.92 Å². The summed E-state index contributed by atoms with van der Waals surface area (Å²) in [5.74, 6) is -0.430. The summed E-state index contributed by atoms with van der Waals surface area (Å²) in [6, 6.07) is 0. The highest BCUT2D eigenvalue weighted by Crippen LogP contribution is 2.19. The lowest BCUT2D eigenvalue weighted by Gasteiger charge is -2.07. The average Bonchev–Trinajstić information content (AvgIpc) is 2.45. The molecule has 5 heteroatoms. The Morgan fingerprint density at radius 3 is 2.86 bits per heavy atom. The summed E-state index contributed by atoms with van der Waals surface area (Å²) in [7, 11) is 3.06. The van der Waals surface area contributed by atoms with Crippen LogP contribution >= 0.6 is 0 Å². The van der Waals surface area contributed by atoms with E-state index in [9.17, 15) is 9.90 Å². The van der Waals surface area contributed by atoms with Crippen molar-refractivity contribution in [2.75, 3.05) is 7.11 Å². The number of aliphatic hydroxyl groups excluding tert-OH is 1. The molecule has 0 unspecified atom stereocenters. The van der Waals surface area contributed by atoms with Gasteiger partial charge in [-0.15, -0.1) is 0 Å². The Balaban J connectivity index is 2.73. The molecule has 0 amide bonds. The molecule has 0 aliphatic carbocycles. The number of methoxy groups -OCH3 is 1. The molecule has 0 aliphatic rings. The van der Waals surface area contributed by atoms with E-state index in [1.807, 2.05) is 0 Å². The summed E-state index contributed by atoms with van der Waals surface area (Å²) in [6.07, 6.45) is 0.822. The molecule has 0 saturated carbocycles. The van der Waals surface area contributed by atoms with Crippen molar-refractivity contribution in [3.63, 3.8) is 0 Å². The van der Waals surface area contributed by atoms with Gasteiger partial charge in [-0.05, 0) is 6.92 Å². The van der Waals surface area contributed by atoms with Crippen LogP contribution in [-0.2, 0) is 16.6 Å². The van der Waals surface area contributed by atoms with Crippen LogP contribution in [0.5, 0.6) is 0 Å². The summed E-state index contributed by atoms with van der Waals surface area (Å²) < 4.78 is 6.07. The first-order valence-electron chi connectivity index (χ1n) is 4.29. The zero-order valence-electron chi connectivity index (χ0n) is 8.52. The average molecular weight is 198 g/mol. The van der Waals surface area contributed by atoms with Crippen LogP contribution in [0.15, 0.2) is 6.20 Å². The molecule has 1 N–H and O–H groups in total. The number of hydrogen-bond donors (Lipinski definition) is 1. The monoisotopic (exact) mass is 198 g/mol. The maximum Gasteiger partial charge on any atom is 0.308 e. The largest absolute Gasteiger partial charge is 0.469 e. The topological polar surface area (TPSA) is 64.3 Å². The Hall–Kier alpha value is -1.36. The fourth-order valence-corrected chi connectivity index (χ4v) is 1.30. The lowest BCUT2D eigenvalue weighted by molar-refractivity contribution is -0.142. The number of hydrogen-bond acceptors (Lipinski definition) is 4. The van der Waals surface area contributed by atoms with Gasteiger partial charge in [-0.3, -0.25) is 9.48 Å². The first-order chi connectivity index (χ1) is 6.54. The van der Waals surface area contributed by atoms with Gasteiger partial charge < -0.3 is 9.84 Å². The lowest BCUT2D eigenvalue weighted by Crippen LogP contribution is -2.08. The molecule has 78 valence electrons. The number of aliphatic hydroxyl groups is 1. The summed E-state index contributed by atoms with van der Waals surface area (Å²) >= 11 is 0. The third-order valence-corrected chi connectivity index (χ3v) is 2.00. The zero-order chi connectivity index (χ0) is 10.7. The molecule has 0 saturated heterocycles. The van der Waals surface area contributed by atoms with Crippen molar-refractivity contribution in [1.82, 2.24) is 9.78 Å². The van der Waals surface area contributed by atoms with Gasteiger partial charge in [-0.1, -0.05) is 0 Å². The van der Waals surface area contributed by atoms with Crippen molar-refractivity contribution in [1.29, 1.82) is 0 Å². The van der Waals surface area contributed by atoms with E-state index in [-0.39, 0.29) is 6.42 Å². The Morgan fingerprint density at radius 1 is 1.79 bits per heavy atom. The molecule has 0 fully saturated rings. The second-order valence-electron chi connectivity index (χ2n) is 3.14. The third-order valence-electron chi connectivity index (χ3n) is 2.00. The number of ether oxygens (including phenoxy) is 1. The smallest absolute Gasteiger partial charge is 0.308 e. The van der Waals surface area contributed by atoms with E-state index in [2.05, 4.69) is 9.84 Å². The zero-order valence-corrected chi connectivity index (χ0v) is 8.52. The van der Waals surface area contributed by atoms with Gasteiger partial charge in [-0.25, -0.2) is 0 Å². The van der Waals surface area contributed by atoms with Crippen molar-refractivity contribution < 1.29 is 14.6 Å². The predicted octanol–water partition coefficient (Wildman–Crippen LogP) is 0.325. The molecular formula is C9H14N2O3. The number of carbonyl (C=O) groups excluding carboxylic acids is 1. The Kier molecular flexibility index (Phi) is 3.24. The SMILES string of the molecule is COC(=O)C[C@@H](O)c1cn(C)nc1C. The van der Waals surface area contributed by atoms with Gasteiger partial charge in [-0.2, -0.15) is 5.10 Å². The number of nitrogens with zero attached hydrogens (tertiary/aromatic N) is 2. The molecule has 0 aliphatic heterocycles. The van der Waals surface area contributed by atoms with Crippen molar-refractivity contribution >= 4 is 5.97 Å². The molecule has 14 heavy (non-hydrogen) atoms. The van der Waals surface area contributed by atoms with Crippen LogP contribution in [0.2, 0.25) is 0 Å². The van der Waals surface area contributed by atoms with Crippen LogP contribution < -0.4 is 0 Å². The van der Waals surface area contributed by atoms with Gasteiger partial charge in [0, 0.05) is 18.8 Å². The molecule has 0 radical (unpaired) electrons. The summed E-state index contributed by atoms with van der Waals surface area (Å²) in [5, 5.41) is 13.7. The molecule has 0 bridgehead atoms. The van der Waals surface area contributed by atoms with Gasteiger partial charge in [0.05, 0.1) is 25.3 Å². The van der Waals surface area contributed by atoms with Crippen molar-refractivity contribution in [3.05, 3.63) is 17.5 Å². The van der Waals surface area contributed by atoms with Gasteiger partial charge in [0.1, 0.15) is 0 Å². The minimum atomic E-state index is -0.837. The fraction of sp³-hybridized carbons (Fsp3) is 0.556. The van der Waals surface area contributed by atoms with Crippen LogP contribution in [-0.4, -0.2) is 28.0 Å². The standard InChI is InChI=1S/C9H14N2O3/c1-6-7(5-11(2)10-6)8(12)4-9(13)14-3/h5,8,12H,4H2,1-3H3/t8-/m1/s1. The minimum Gasteiger partial charge on any atom is -0.469 e. The minimum absolute atomic E-state index is 0.0387. The molecule has 1 rings (SSSR count). The summed E-state index contributed by atoms with van der Waals surface area (Å²) in [5.41, 5.74) is 1.39. The number of esters is 1. The molecule has 1 atom stereocenters. The van der Waals surface area contributed by atoms with Gasteiger partial charge in [0.2, 0.25) is 0 Å². The Morgan fingerprint density at radius 2 is 2.43 bits per heavy atom. The van der Waals surface area contributed by atoms with Crippen molar-refractivity contribution in [2.45, 2.75) is 19.4 Å². The summed E-state index contributed by atoms with van der Waals surface area (Å²) in [4.78, 5) is 10.9. The number of aryl methyl sites for hydroxylation is 2. The molecular weight excluding hydrogens is 184 g/mol. The second-order valence-corrected chi connectivity index (χ2v) is 3.14. The highest BCUT2D eigenvalue weighted by Gasteiger charge is 2.17. The van der Waals surface area contributed by atoms with Crippen molar-refractivity contribution in [2.24, 2.45) is 7.05 Å². The Bertz CT molecular complexity index is 333. The highest BCUT2D eigenvalue weighted by molar-refractivity contribution is 5.70. The number of carbonyl (C=O) groups is 1. The van der Waals surface area contributed by atoms with E-state index in [0.717, 1.165) is 5.69 Å². The van der Waals surface area contributed by atoms with Gasteiger partial charge >= 0.3 is 5.97 Å². The number of rotatable bonds is 3. The predicted molar refractivity (Wildman–Crippen MR) is 49.5 cm³/mol. The van der Waals surface area contributed by atoms with Gasteiger partial charge in [0.25, 0.3) is 0 Å². The molecule has 1 aromatic heterocycles. The first-order valence-corrected chi connectivity index (χ1v) is 4.29. The van der Waals surface area contributed by atoms with Crippen LogP contribution in [0.3, 0.4) is 0 Å². The molecule has 5 nitrogen and oxygen atoms in total. The molecule has 1 aromatic rings. The number of aromatic nitrogens is 2. The van der Waals surface area contributed by atoms with Crippen LogP contribution in [0.1, 0.15) is 23.8 Å². The van der Waals surface area contributed by atoms with E-state index in [1.54, 1.807) is 24.9 Å². The third kappa shape index (κ3) is 2.32. The lowest BCUT2D eigenvalue weighted by atomic mass is 10.1.